The van der Waals surface area contributed by atoms with Crippen LogP contribution in [0.3, 0.4) is 0 Å². The number of ether oxygens (including phenoxy) is 1. The van der Waals surface area contributed by atoms with E-state index in [1.165, 1.54) is 35.5 Å². The SMILES string of the molecule is O=C(Nc1cnc(Oc2ccc(-c3cnc4cccnn34)cc2)nc1)Nc1cc(C(F)(F)F)ccc1-n1ccnn1. The van der Waals surface area contributed by atoms with Gasteiger partial charge in [0.05, 0.1) is 59.3 Å². The Morgan fingerprint density at radius 1 is 0.902 bits per heavy atom. The number of benzene rings is 2. The van der Waals surface area contributed by atoms with Crippen molar-refractivity contribution in [2.75, 3.05) is 10.6 Å². The Labute approximate surface area is 228 Å². The zero-order chi connectivity index (χ0) is 28.4. The molecule has 0 unspecified atom stereocenters. The zero-order valence-corrected chi connectivity index (χ0v) is 20.7. The van der Waals surface area contributed by atoms with Crippen LogP contribution in [0.15, 0.2) is 91.8 Å². The molecular weight excluding hydrogens is 541 g/mol. The maximum atomic E-state index is 13.3. The Balaban J connectivity index is 1.12. The fraction of sp³-hybridized carbons (Fsp3) is 0.0385. The Morgan fingerprint density at radius 3 is 2.44 bits per heavy atom. The lowest BCUT2D eigenvalue weighted by Crippen LogP contribution is -2.21. The van der Waals surface area contributed by atoms with E-state index in [2.05, 4.69) is 41.0 Å². The average Bonchev–Trinajstić information content (AvgIpc) is 3.65. The van der Waals surface area contributed by atoms with Crippen LogP contribution in [0.4, 0.5) is 29.3 Å². The van der Waals surface area contributed by atoms with Crippen LogP contribution < -0.4 is 15.4 Å². The van der Waals surface area contributed by atoms with Crippen LogP contribution >= 0.6 is 0 Å². The molecule has 12 nitrogen and oxygen atoms in total. The van der Waals surface area contributed by atoms with Crippen LogP contribution in [0, 0.1) is 0 Å². The molecule has 204 valence electrons. The number of hydrogen-bond acceptors (Lipinski definition) is 8. The van der Waals surface area contributed by atoms with Gasteiger partial charge in [-0.3, -0.25) is 0 Å². The van der Waals surface area contributed by atoms with Crippen molar-refractivity contribution in [3.05, 3.63) is 97.3 Å². The summed E-state index contributed by atoms with van der Waals surface area (Å²) in [4.78, 5) is 25.1. The highest BCUT2D eigenvalue weighted by atomic mass is 19.4. The number of rotatable bonds is 6. The number of carbonyl (C=O) groups is 1. The predicted octanol–water partition coefficient (Wildman–Crippen LogP) is 5.22. The van der Waals surface area contributed by atoms with E-state index in [1.807, 2.05) is 24.3 Å². The molecule has 0 radical (unpaired) electrons. The Morgan fingerprint density at radius 2 is 1.71 bits per heavy atom. The van der Waals surface area contributed by atoms with Crippen molar-refractivity contribution < 1.29 is 22.7 Å². The summed E-state index contributed by atoms with van der Waals surface area (Å²) in [6.07, 6.45) is 4.18. The zero-order valence-electron chi connectivity index (χ0n) is 20.7. The Bertz CT molecular complexity index is 1820. The molecule has 6 aromatic rings. The molecular formula is C26H17F3N10O2. The van der Waals surface area contributed by atoms with Crippen molar-refractivity contribution in [2.45, 2.75) is 6.18 Å². The van der Waals surface area contributed by atoms with Crippen molar-refractivity contribution in [2.24, 2.45) is 0 Å². The van der Waals surface area contributed by atoms with E-state index in [-0.39, 0.29) is 23.1 Å². The third-order valence-electron chi connectivity index (χ3n) is 5.76. The standard InChI is InChI=1S/C26H17F3N10O2/c27-26(28,29)17-5-8-21(38-11-10-33-37-38)20(12-17)36-24(40)35-18-13-31-25(32-14-18)41-19-6-3-16(4-7-19)22-15-30-23-2-1-9-34-39(22)23/h1-15H,(H2,35,36,40). The van der Waals surface area contributed by atoms with Gasteiger partial charge < -0.3 is 15.4 Å². The van der Waals surface area contributed by atoms with Crippen LogP contribution in [0.5, 0.6) is 11.8 Å². The molecule has 0 aliphatic rings. The monoisotopic (exact) mass is 558 g/mol. The lowest BCUT2D eigenvalue weighted by molar-refractivity contribution is -0.137. The van der Waals surface area contributed by atoms with Crippen LogP contribution in [0.25, 0.3) is 22.6 Å². The molecule has 0 fully saturated rings. The smallest absolute Gasteiger partial charge is 0.416 e. The lowest BCUT2D eigenvalue weighted by Gasteiger charge is -2.14. The van der Waals surface area contributed by atoms with Gasteiger partial charge in [0.2, 0.25) is 0 Å². The van der Waals surface area contributed by atoms with E-state index in [0.717, 1.165) is 29.0 Å². The van der Waals surface area contributed by atoms with E-state index in [1.54, 1.807) is 29.0 Å². The number of imidazole rings is 1. The number of alkyl halides is 3. The van der Waals surface area contributed by atoms with E-state index < -0.39 is 17.8 Å². The van der Waals surface area contributed by atoms with Crippen LogP contribution in [0.2, 0.25) is 0 Å². The number of nitrogens with one attached hydrogen (secondary N) is 2. The number of fused-ring (bicyclic) bond motifs is 1. The molecule has 0 aliphatic heterocycles. The van der Waals surface area contributed by atoms with Gasteiger partial charge in [-0.15, -0.1) is 5.10 Å². The van der Waals surface area contributed by atoms with Crippen molar-refractivity contribution in [3.8, 4) is 28.7 Å². The largest absolute Gasteiger partial charge is 0.424 e. The van der Waals surface area contributed by atoms with Gasteiger partial charge in [-0.05, 0) is 54.6 Å². The molecule has 0 atom stereocenters. The number of anilines is 2. The van der Waals surface area contributed by atoms with Crippen molar-refractivity contribution in [3.63, 3.8) is 0 Å². The highest BCUT2D eigenvalue weighted by Gasteiger charge is 2.31. The second-order valence-corrected chi connectivity index (χ2v) is 8.47. The fourth-order valence-electron chi connectivity index (χ4n) is 3.89. The van der Waals surface area contributed by atoms with Crippen LogP contribution in [0.1, 0.15) is 5.56 Å². The number of hydrogen-bond donors (Lipinski definition) is 2. The van der Waals surface area contributed by atoms with E-state index in [0.29, 0.717) is 5.75 Å². The van der Waals surface area contributed by atoms with Crippen molar-refractivity contribution in [1.29, 1.82) is 0 Å². The number of amides is 2. The molecule has 0 spiro atoms. The molecule has 0 bridgehead atoms. The molecule has 2 amide bonds. The molecule has 2 N–H and O–H groups in total. The average molecular weight is 558 g/mol. The lowest BCUT2D eigenvalue weighted by atomic mass is 10.1. The number of urea groups is 1. The summed E-state index contributed by atoms with van der Waals surface area (Å²) in [7, 11) is 0. The molecule has 15 heteroatoms. The Kier molecular flexibility index (Phi) is 6.43. The minimum absolute atomic E-state index is 0.0199. The van der Waals surface area contributed by atoms with Gasteiger partial charge in [0.25, 0.3) is 0 Å². The van der Waals surface area contributed by atoms with E-state index >= 15 is 0 Å². The quantitative estimate of drug-likeness (QED) is 0.284. The number of nitrogens with zero attached hydrogens (tertiary/aromatic N) is 8. The molecule has 2 aromatic carbocycles. The first-order valence-electron chi connectivity index (χ1n) is 11.9. The highest BCUT2D eigenvalue weighted by Crippen LogP contribution is 2.33. The first-order valence-corrected chi connectivity index (χ1v) is 11.9. The van der Waals surface area contributed by atoms with Gasteiger partial charge in [0.15, 0.2) is 5.65 Å². The van der Waals surface area contributed by atoms with Gasteiger partial charge in [-0.1, -0.05) is 5.21 Å². The van der Waals surface area contributed by atoms with Gasteiger partial charge in [0, 0.05) is 11.8 Å². The summed E-state index contributed by atoms with van der Waals surface area (Å²) in [6, 6.07) is 12.9. The first-order chi connectivity index (χ1) is 19.8. The van der Waals surface area contributed by atoms with Gasteiger partial charge in [0.1, 0.15) is 5.75 Å². The summed E-state index contributed by atoms with van der Waals surface area (Å²) in [5, 5.41) is 16.6. The fourth-order valence-corrected chi connectivity index (χ4v) is 3.89. The minimum Gasteiger partial charge on any atom is -0.424 e. The summed E-state index contributed by atoms with van der Waals surface area (Å²) in [5.41, 5.74) is 1.72. The second-order valence-electron chi connectivity index (χ2n) is 8.47. The summed E-state index contributed by atoms with van der Waals surface area (Å²) >= 11 is 0. The van der Waals surface area contributed by atoms with E-state index in [4.69, 9.17) is 4.74 Å². The molecule has 0 aliphatic carbocycles. The summed E-state index contributed by atoms with van der Waals surface area (Å²) in [6.45, 7) is 0. The molecule has 4 heterocycles. The third-order valence-corrected chi connectivity index (χ3v) is 5.76. The normalized spacial score (nSPS) is 11.4. The maximum absolute atomic E-state index is 13.3. The van der Waals surface area contributed by atoms with Crippen molar-refractivity contribution >= 4 is 23.1 Å². The van der Waals surface area contributed by atoms with Crippen LogP contribution in [-0.4, -0.2) is 45.6 Å². The molecule has 0 saturated heterocycles. The first kappa shape index (κ1) is 25.4. The maximum Gasteiger partial charge on any atom is 0.416 e. The number of aromatic nitrogens is 8. The summed E-state index contributed by atoms with van der Waals surface area (Å²) in [5.74, 6) is 0.471. The van der Waals surface area contributed by atoms with Gasteiger partial charge in [-0.25, -0.2) is 28.9 Å². The molecule has 41 heavy (non-hydrogen) atoms. The highest BCUT2D eigenvalue weighted by molar-refractivity contribution is 6.00. The molecule has 4 aromatic heterocycles. The minimum atomic E-state index is -4.61. The topological polar surface area (TPSA) is 137 Å². The van der Waals surface area contributed by atoms with Crippen molar-refractivity contribution in [1.82, 2.24) is 39.6 Å². The third kappa shape index (κ3) is 5.49. The van der Waals surface area contributed by atoms with Crippen LogP contribution in [-0.2, 0) is 6.18 Å². The van der Waals surface area contributed by atoms with E-state index in [9.17, 15) is 18.0 Å². The second kappa shape index (κ2) is 10.4. The van der Waals surface area contributed by atoms with Gasteiger partial charge in [-0.2, -0.15) is 18.3 Å². The Hall–Kier alpha value is -5.86. The predicted molar refractivity (Wildman–Crippen MR) is 140 cm³/mol. The molecule has 0 saturated carbocycles. The summed E-state index contributed by atoms with van der Waals surface area (Å²) < 4.78 is 48.4. The van der Waals surface area contributed by atoms with Gasteiger partial charge >= 0.3 is 18.2 Å². The number of carbonyl (C=O) groups excluding carboxylic acids is 1. The molecule has 6 rings (SSSR count). The number of halogens is 3.